The Hall–Kier alpha value is -3.19. The van der Waals surface area contributed by atoms with Crippen molar-refractivity contribution in [3.8, 4) is 11.3 Å². The Morgan fingerprint density at radius 3 is 2.79 bits per heavy atom. The van der Waals surface area contributed by atoms with Gasteiger partial charge in [0.1, 0.15) is 12.0 Å². The summed E-state index contributed by atoms with van der Waals surface area (Å²) in [5, 5.41) is 10.7. The molecule has 6 nitrogen and oxygen atoms in total. The van der Waals surface area contributed by atoms with Gasteiger partial charge >= 0.3 is 0 Å². The average molecular weight is 392 g/mol. The van der Waals surface area contributed by atoms with E-state index in [9.17, 15) is 9.18 Å². The van der Waals surface area contributed by atoms with E-state index in [-0.39, 0.29) is 17.8 Å². The van der Waals surface area contributed by atoms with Crippen LogP contribution in [-0.2, 0) is 4.74 Å². The van der Waals surface area contributed by atoms with E-state index in [1.165, 1.54) is 12.1 Å². The van der Waals surface area contributed by atoms with Gasteiger partial charge in [-0.15, -0.1) is 0 Å². The van der Waals surface area contributed by atoms with Crippen molar-refractivity contribution in [2.24, 2.45) is 0 Å². The summed E-state index contributed by atoms with van der Waals surface area (Å²) in [6.45, 7) is 1.23. The van der Waals surface area contributed by atoms with Gasteiger partial charge < -0.3 is 15.0 Å². The number of carbonyl (C=O) groups is 1. The molecule has 1 fully saturated rings. The molecule has 0 spiro atoms. The number of rotatable bonds is 4. The van der Waals surface area contributed by atoms with Gasteiger partial charge in [-0.2, -0.15) is 5.10 Å². The fraction of sp³-hybridized carbons (Fsp3) is 0.273. The lowest BCUT2D eigenvalue weighted by Gasteiger charge is -2.39. The van der Waals surface area contributed by atoms with Gasteiger partial charge in [-0.3, -0.25) is 9.89 Å². The predicted octanol–water partition coefficient (Wildman–Crippen LogP) is 3.96. The van der Waals surface area contributed by atoms with Crippen LogP contribution in [0.3, 0.4) is 0 Å². The minimum atomic E-state index is -0.402. The molecular formula is C22H21FN4O2. The second kappa shape index (κ2) is 7.33. The number of hydrogen-bond acceptors (Lipinski definition) is 4. The van der Waals surface area contributed by atoms with E-state index in [0.717, 1.165) is 42.0 Å². The number of aromatic amines is 1. The third-order valence-corrected chi connectivity index (χ3v) is 5.54. The number of halogens is 1. The first-order valence-electron chi connectivity index (χ1n) is 9.78. The van der Waals surface area contributed by atoms with Crippen molar-refractivity contribution < 1.29 is 13.9 Å². The van der Waals surface area contributed by atoms with Crippen LogP contribution in [0.15, 0.2) is 54.7 Å². The van der Waals surface area contributed by atoms with E-state index in [1.54, 1.807) is 18.3 Å². The first kappa shape index (κ1) is 17.9. The number of nitrogens with one attached hydrogen (secondary N) is 2. The second-order valence-electron chi connectivity index (χ2n) is 7.39. The third kappa shape index (κ3) is 3.27. The van der Waals surface area contributed by atoms with Gasteiger partial charge in [-0.1, -0.05) is 12.1 Å². The van der Waals surface area contributed by atoms with Crippen molar-refractivity contribution in [3.63, 3.8) is 0 Å². The maximum atomic E-state index is 13.4. The van der Waals surface area contributed by atoms with Crippen molar-refractivity contribution in [2.75, 3.05) is 18.5 Å². The number of para-hydroxylation sites is 1. The molecule has 1 saturated heterocycles. The summed E-state index contributed by atoms with van der Waals surface area (Å²) in [6.07, 6.45) is 3.29. The van der Waals surface area contributed by atoms with Gasteiger partial charge in [0.15, 0.2) is 0 Å². The number of anilines is 1. The molecule has 2 aliphatic heterocycles. The van der Waals surface area contributed by atoms with Crippen LogP contribution in [0.2, 0.25) is 0 Å². The van der Waals surface area contributed by atoms with Gasteiger partial charge in [0, 0.05) is 30.0 Å². The van der Waals surface area contributed by atoms with Gasteiger partial charge in [-0.05, 0) is 49.2 Å². The van der Waals surface area contributed by atoms with E-state index in [2.05, 4.69) is 15.5 Å². The summed E-state index contributed by atoms with van der Waals surface area (Å²) in [5.41, 5.74) is 3.83. The normalized spacial score (nSPS) is 21.1. The quantitative estimate of drug-likeness (QED) is 0.705. The van der Waals surface area contributed by atoms with E-state index in [0.29, 0.717) is 12.1 Å². The van der Waals surface area contributed by atoms with E-state index >= 15 is 0 Å². The smallest absolute Gasteiger partial charge is 0.257 e. The lowest BCUT2D eigenvalue weighted by molar-refractivity contribution is 0.0427. The molecule has 0 bridgehead atoms. The summed E-state index contributed by atoms with van der Waals surface area (Å²) >= 11 is 0. The Kier molecular flexibility index (Phi) is 4.52. The van der Waals surface area contributed by atoms with Crippen molar-refractivity contribution in [1.82, 2.24) is 15.1 Å². The molecule has 0 saturated carbocycles. The van der Waals surface area contributed by atoms with Crippen molar-refractivity contribution in [3.05, 3.63) is 71.7 Å². The van der Waals surface area contributed by atoms with Crippen LogP contribution in [0.25, 0.3) is 11.3 Å². The summed E-state index contributed by atoms with van der Waals surface area (Å²) in [6, 6.07) is 13.7. The van der Waals surface area contributed by atoms with E-state index in [1.807, 2.05) is 29.2 Å². The fourth-order valence-electron chi connectivity index (χ4n) is 4.08. The van der Waals surface area contributed by atoms with Crippen molar-refractivity contribution >= 4 is 11.6 Å². The summed E-state index contributed by atoms with van der Waals surface area (Å²) in [7, 11) is 0. The highest BCUT2D eigenvalue weighted by Gasteiger charge is 2.36. The van der Waals surface area contributed by atoms with E-state index in [4.69, 9.17) is 4.74 Å². The molecule has 5 rings (SSSR count). The molecule has 2 atom stereocenters. The highest BCUT2D eigenvalue weighted by atomic mass is 19.1. The largest absolute Gasteiger partial charge is 0.376 e. The van der Waals surface area contributed by atoms with Crippen LogP contribution in [0.5, 0.6) is 0 Å². The zero-order valence-corrected chi connectivity index (χ0v) is 15.8. The number of aromatic nitrogens is 2. The number of nitrogens with zero attached hydrogens (tertiary/aromatic N) is 2. The van der Waals surface area contributed by atoms with Crippen molar-refractivity contribution in [2.45, 2.75) is 25.1 Å². The number of ether oxygens (including phenoxy) is 1. The number of fused-ring (bicyclic) bond motifs is 1. The van der Waals surface area contributed by atoms with Gasteiger partial charge in [0.2, 0.25) is 0 Å². The number of carbonyl (C=O) groups excluding carboxylic acids is 1. The molecular weight excluding hydrogens is 371 g/mol. The van der Waals surface area contributed by atoms with Crippen LogP contribution < -0.4 is 5.32 Å². The molecule has 2 aromatic carbocycles. The number of H-pyrrole nitrogens is 1. The molecule has 7 heteroatoms. The highest BCUT2D eigenvalue weighted by molar-refractivity contribution is 6.01. The van der Waals surface area contributed by atoms with Crippen LogP contribution >= 0.6 is 0 Å². The summed E-state index contributed by atoms with van der Waals surface area (Å²) < 4.78 is 19.2. The fourth-order valence-corrected chi connectivity index (χ4v) is 4.08. The molecule has 1 amide bonds. The maximum Gasteiger partial charge on any atom is 0.257 e. The molecule has 148 valence electrons. The van der Waals surface area contributed by atoms with Crippen LogP contribution in [0.1, 0.15) is 34.9 Å². The first-order valence-corrected chi connectivity index (χ1v) is 9.78. The Labute approximate surface area is 167 Å². The van der Waals surface area contributed by atoms with E-state index < -0.39 is 6.17 Å². The SMILES string of the molecule is O=C1c2ccccc2N[C@@H](c2cn[nH]c2-c2ccc(F)cc2)N1C[C@H]1CCCO1. The Morgan fingerprint density at radius 2 is 2.00 bits per heavy atom. The Bertz CT molecular complexity index is 1030. The van der Waals surface area contributed by atoms with Gasteiger partial charge in [-0.25, -0.2) is 4.39 Å². The topological polar surface area (TPSA) is 70.2 Å². The third-order valence-electron chi connectivity index (χ3n) is 5.54. The molecule has 3 heterocycles. The summed E-state index contributed by atoms with van der Waals surface area (Å²) in [4.78, 5) is 15.2. The van der Waals surface area contributed by atoms with Gasteiger partial charge in [0.25, 0.3) is 5.91 Å². The minimum absolute atomic E-state index is 0.0229. The number of amides is 1. The van der Waals surface area contributed by atoms with Gasteiger partial charge in [0.05, 0.1) is 23.6 Å². The van der Waals surface area contributed by atoms with Crippen LogP contribution in [0, 0.1) is 5.82 Å². The van der Waals surface area contributed by atoms with Crippen LogP contribution in [-0.4, -0.2) is 40.3 Å². The molecule has 1 aromatic heterocycles. The molecule has 3 aromatic rings. The predicted molar refractivity (Wildman–Crippen MR) is 107 cm³/mol. The standard InChI is InChI=1S/C22H21FN4O2/c23-15-9-7-14(8-10-15)20-18(12-24-26-20)21-25-19-6-2-1-5-17(19)22(28)27(21)13-16-4-3-11-29-16/h1-2,5-10,12,16,21,25H,3-4,11,13H2,(H,24,26)/t16-,21-/m1/s1. The van der Waals surface area contributed by atoms with Crippen LogP contribution in [0.4, 0.5) is 10.1 Å². The van der Waals surface area contributed by atoms with Crippen molar-refractivity contribution in [1.29, 1.82) is 0 Å². The molecule has 0 aliphatic carbocycles. The lowest BCUT2D eigenvalue weighted by Crippen LogP contribution is -2.46. The number of benzene rings is 2. The average Bonchev–Trinajstić information content (AvgIpc) is 3.43. The molecule has 29 heavy (non-hydrogen) atoms. The zero-order valence-electron chi connectivity index (χ0n) is 15.8. The number of hydrogen-bond donors (Lipinski definition) is 2. The lowest BCUT2D eigenvalue weighted by atomic mass is 10.0. The zero-order chi connectivity index (χ0) is 19.8. The minimum Gasteiger partial charge on any atom is -0.376 e. The molecule has 0 unspecified atom stereocenters. The highest BCUT2D eigenvalue weighted by Crippen LogP contribution is 2.37. The Morgan fingerprint density at radius 1 is 1.17 bits per heavy atom. The Balaban J connectivity index is 1.56. The monoisotopic (exact) mass is 392 g/mol. The first-order chi connectivity index (χ1) is 14.2. The maximum absolute atomic E-state index is 13.4. The molecule has 2 N–H and O–H groups in total. The second-order valence-corrected chi connectivity index (χ2v) is 7.39. The summed E-state index contributed by atoms with van der Waals surface area (Å²) in [5.74, 6) is -0.333. The molecule has 2 aliphatic rings. The molecule has 0 radical (unpaired) electrons.